The first-order valence-corrected chi connectivity index (χ1v) is 11.8. The third-order valence-electron chi connectivity index (χ3n) is 6.12. The second-order valence-electron chi connectivity index (χ2n) is 8.87. The summed E-state index contributed by atoms with van der Waals surface area (Å²) >= 11 is 0. The maximum Gasteiger partial charge on any atom is 0.199 e. The molecule has 176 valence electrons. The quantitative estimate of drug-likeness (QED) is 0.265. The number of hydrogen-bond acceptors (Lipinski definition) is 4. The van der Waals surface area contributed by atoms with Gasteiger partial charge in [0.15, 0.2) is 5.88 Å². The fraction of sp³-hybridized carbons (Fsp3) is 0.0968. The lowest BCUT2D eigenvalue weighted by molar-refractivity contribution is 0.319. The molecule has 0 aliphatic carbocycles. The van der Waals surface area contributed by atoms with Gasteiger partial charge in [-0.15, -0.1) is 0 Å². The Balaban J connectivity index is 1.48. The Labute approximate surface area is 210 Å². The Morgan fingerprint density at radius 3 is 2.17 bits per heavy atom. The molecule has 0 radical (unpaired) electrons. The van der Waals surface area contributed by atoms with Crippen molar-refractivity contribution in [2.45, 2.75) is 13.1 Å². The van der Waals surface area contributed by atoms with Crippen LogP contribution in [0, 0.1) is 11.3 Å². The molecule has 4 aromatic carbocycles. The molecule has 0 atom stereocenters. The van der Waals surface area contributed by atoms with Gasteiger partial charge in [-0.1, -0.05) is 72.8 Å². The molecule has 2 N–H and O–H groups in total. The van der Waals surface area contributed by atoms with Crippen molar-refractivity contribution < 1.29 is 5.11 Å². The van der Waals surface area contributed by atoms with Crippen LogP contribution in [0.1, 0.15) is 27.8 Å². The standard InChI is InChI=1S/C31H26N4O/c1-35(20-22-8-4-2-5-9-22)21-23-12-15-26(16-13-23)33-30(25-10-6-3-7-11-25)29-27-18-24(19-32)14-17-28(27)34-31(29)36/h2-18,34,36H,20-21H2,1H3. The van der Waals surface area contributed by atoms with E-state index in [1.165, 1.54) is 11.1 Å². The number of hydrogen-bond donors (Lipinski definition) is 2. The summed E-state index contributed by atoms with van der Waals surface area (Å²) in [4.78, 5) is 10.3. The van der Waals surface area contributed by atoms with E-state index in [1.807, 2.05) is 48.5 Å². The van der Waals surface area contributed by atoms with Crippen molar-refractivity contribution in [1.82, 2.24) is 9.88 Å². The van der Waals surface area contributed by atoms with Crippen LogP contribution < -0.4 is 0 Å². The van der Waals surface area contributed by atoms with Gasteiger partial charge in [0, 0.05) is 29.6 Å². The summed E-state index contributed by atoms with van der Waals surface area (Å²) in [6.45, 7) is 1.70. The minimum atomic E-state index is 0.0295. The summed E-state index contributed by atoms with van der Waals surface area (Å²) in [6.07, 6.45) is 0. The first-order chi connectivity index (χ1) is 17.6. The Kier molecular flexibility index (Phi) is 6.61. The van der Waals surface area contributed by atoms with Gasteiger partial charge in [0.05, 0.1) is 28.6 Å². The summed E-state index contributed by atoms with van der Waals surface area (Å²) in [6, 6.07) is 35.9. The van der Waals surface area contributed by atoms with Crippen LogP contribution in [0.2, 0.25) is 0 Å². The van der Waals surface area contributed by atoms with Crippen LogP contribution in [-0.2, 0) is 13.1 Å². The molecular weight excluding hydrogens is 444 g/mol. The second kappa shape index (κ2) is 10.3. The van der Waals surface area contributed by atoms with Crippen molar-refractivity contribution in [3.63, 3.8) is 0 Å². The molecule has 0 spiro atoms. The van der Waals surface area contributed by atoms with Crippen molar-refractivity contribution >= 4 is 22.3 Å². The van der Waals surface area contributed by atoms with Crippen LogP contribution in [0.4, 0.5) is 5.69 Å². The Morgan fingerprint density at radius 1 is 0.861 bits per heavy atom. The molecule has 0 saturated heterocycles. The van der Waals surface area contributed by atoms with E-state index in [4.69, 9.17) is 4.99 Å². The van der Waals surface area contributed by atoms with Gasteiger partial charge >= 0.3 is 0 Å². The van der Waals surface area contributed by atoms with Crippen molar-refractivity contribution in [2.75, 3.05) is 7.05 Å². The van der Waals surface area contributed by atoms with Crippen molar-refractivity contribution in [2.24, 2.45) is 4.99 Å². The van der Waals surface area contributed by atoms with E-state index in [2.05, 4.69) is 59.4 Å². The molecule has 0 amide bonds. The third-order valence-corrected chi connectivity index (χ3v) is 6.12. The van der Waals surface area contributed by atoms with E-state index in [0.29, 0.717) is 16.8 Å². The average molecular weight is 471 g/mol. The van der Waals surface area contributed by atoms with E-state index in [0.717, 1.165) is 35.2 Å². The first-order valence-electron chi connectivity index (χ1n) is 11.8. The van der Waals surface area contributed by atoms with Gasteiger partial charge in [-0.05, 0) is 48.5 Å². The van der Waals surface area contributed by atoms with Gasteiger partial charge in [-0.25, -0.2) is 4.99 Å². The van der Waals surface area contributed by atoms with E-state index in [1.54, 1.807) is 18.2 Å². The lowest BCUT2D eigenvalue weighted by Crippen LogP contribution is -2.17. The summed E-state index contributed by atoms with van der Waals surface area (Å²) < 4.78 is 0. The molecule has 0 unspecified atom stereocenters. The zero-order valence-corrected chi connectivity index (χ0v) is 20.0. The Bertz CT molecular complexity index is 1550. The molecule has 36 heavy (non-hydrogen) atoms. The molecule has 0 fully saturated rings. The number of H-pyrrole nitrogens is 1. The monoisotopic (exact) mass is 470 g/mol. The highest BCUT2D eigenvalue weighted by atomic mass is 16.3. The highest BCUT2D eigenvalue weighted by Gasteiger charge is 2.19. The number of aromatic hydroxyl groups is 1. The molecule has 0 aliphatic heterocycles. The fourth-order valence-electron chi connectivity index (χ4n) is 4.42. The van der Waals surface area contributed by atoms with Gasteiger partial charge < -0.3 is 10.1 Å². The minimum absolute atomic E-state index is 0.0295. The highest BCUT2D eigenvalue weighted by molar-refractivity contribution is 6.22. The fourth-order valence-corrected chi connectivity index (χ4v) is 4.42. The van der Waals surface area contributed by atoms with Gasteiger partial charge in [0.2, 0.25) is 0 Å². The predicted octanol–water partition coefficient (Wildman–Crippen LogP) is 6.55. The number of aliphatic imine (C=N–C) groups is 1. The zero-order valence-electron chi connectivity index (χ0n) is 20.0. The van der Waals surface area contributed by atoms with Gasteiger partial charge in [0.25, 0.3) is 0 Å². The number of aromatic amines is 1. The van der Waals surface area contributed by atoms with Crippen LogP contribution in [0.15, 0.2) is 108 Å². The van der Waals surface area contributed by atoms with E-state index in [-0.39, 0.29) is 5.88 Å². The van der Waals surface area contributed by atoms with Gasteiger partial charge in [-0.2, -0.15) is 5.26 Å². The maximum atomic E-state index is 10.8. The summed E-state index contributed by atoms with van der Waals surface area (Å²) in [5.41, 5.74) is 6.65. The molecule has 5 rings (SSSR count). The van der Waals surface area contributed by atoms with Crippen LogP contribution in [0.25, 0.3) is 10.9 Å². The van der Waals surface area contributed by atoms with Crippen LogP contribution in [0.5, 0.6) is 5.88 Å². The van der Waals surface area contributed by atoms with Gasteiger partial charge in [0.1, 0.15) is 0 Å². The minimum Gasteiger partial charge on any atom is -0.494 e. The summed E-state index contributed by atoms with van der Waals surface area (Å²) in [5, 5.41) is 21.0. The number of aromatic nitrogens is 1. The molecule has 1 heterocycles. The summed E-state index contributed by atoms with van der Waals surface area (Å²) in [7, 11) is 2.11. The summed E-state index contributed by atoms with van der Waals surface area (Å²) in [5.74, 6) is 0.0295. The SMILES string of the molecule is CN(Cc1ccccc1)Cc1ccc(N=C(c2ccccc2)c2c(O)[nH]c3ccc(C#N)cc23)cc1. The molecule has 5 heteroatoms. The zero-order chi connectivity index (χ0) is 24.9. The van der Waals surface area contributed by atoms with Crippen molar-refractivity contribution in [1.29, 1.82) is 5.26 Å². The molecule has 5 nitrogen and oxygen atoms in total. The number of nitrogens with one attached hydrogen (secondary N) is 1. The smallest absolute Gasteiger partial charge is 0.199 e. The predicted molar refractivity (Wildman–Crippen MR) is 144 cm³/mol. The lowest BCUT2D eigenvalue weighted by Gasteiger charge is -2.17. The van der Waals surface area contributed by atoms with Crippen LogP contribution in [0.3, 0.4) is 0 Å². The number of fused-ring (bicyclic) bond motifs is 1. The second-order valence-corrected chi connectivity index (χ2v) is 8.87. The molecule has 0 bridgehead atoms. The van der Waals surface area contributed by atoms with Crippen molar-refractivity contribution in [3.05, 3.63) is 131 Å². The molecule has 1 aromatic heterocycles. The largest absolute Gasteiger partial charge is 0.494 e. The maximum absolute atomic E-state index is 10.8. The first kappa shape index (κ1) is 23.1. The van der Waals surface area contributed by atoms with E-state index >= 15 is 0 Å². The highest BCUT2D eigenvalue weighted by Crippen LogP contribution is 2.32. The van der Waals surface area contributed by atoms with Crippen LogP contribution in [-0.4, -0.2) is 27.7 Å². The molecule has 0 saturated carbocycles. The normalized spacial score (nSPS) is 11.6. The third kappa shape index (κ3) is 5.05. The van der Waals surface area contributed by atoms with Gasteiger partial charge in [-0.3, -0.25) is 4.90 Å². The Hall–Kier alpha value is -4.66. The number of benzene rings is 4. The van der Waals surface area contributed by atoms with Crippen molar-refractivity contribution in [3.8, 4) is 11.9 Å². The number of rotatable bonds is 7. The molecule has 5 aromatic rings. The lowest BCUT2D eigenvalue weighted by atomic mass is 10.00. The topological polar surface area (TPSA) is 75.4 Å². The van der Waals surface area contributed by atoms with Crippen LogP contribution >= 0.6 is 0 Å². The van der Waals surface area contributed by atoms with E-state index < -0.39 is 0 Å². The molecule has 0 aliphatic rings. The average Bonchev–Trinajstić information content (AvgIpc) is 3.23. The molecular formula is C31H26N4O. The number of nitriles is 1. The number of nitrogens with zero attached hydrogens (tertiary/aromatic N) is 3. The Morgan fingerprint density at radius 2 is 1.50 bits per heavy atom. The van der Waals surface area contributed by atoms with E-state index in [9.17, 15) is 10.4 Å².